The molecule has 0 heterocycles. The lowest BCUT2D eigenvalue weighted by molar-refractivity contribution is -0.145. The maximum atomic E-state index is 11.6. The van der Waals surface area contributed by atoms with Gasteiger partial charge in [-0.3, -0.25) is 4.79 Å². The lowest BCUT2D eigenvalue weighted by atomic mass is 10.1. The number of ether oxygens (including phenoxy) is 5. The predicted molar refractivity (Wildman–Crippen MR) is 122 cm³/mol. The summed E-state index contributed by atoms with van der Waals surface area (Å²) in [6, 6.07) is 7.26. The number of nitrogens with two attached hydrogens (primary N) is 1. The van der Waals surface area contributed by atoms with Crippen LogP contribution in [0.4, 0.5) is 5.69 Å². The summed E-state index contributed by atoms with van der Waals surface area (Å²) in [6.45, 7) is 5.83. The topological polar surface area (TPSA) is 89.2 Å². The normalized spacial score (nSPS) is 10.9. The van der Waals surface area contributed by atoms with Gasteiger partial charge in [-0.2, -0.15) is 0 Å². The molecule has 7 nitrogen and oxygen atoms in total. The SMILES string of the molecule is CCCCCCCCCC(=O)OCCOCCOCCOCCOc1ccc(N)cc1. The minimum Gasteiger partial charge on any atom is -0.491 e. The molecule has 0 aliphatic carbocycles. The van der Waals surface area contributed by atoms with Crippen molar-refractivity contribution in [1.29, 1.82) is 0 Å². The zero-order valence-corrected chi connectivity index (χ0v) is 19.1. The molecule has 31 heavy (non-hydrogen) atoms. The molecule has 0 aromatic heterocycles. The van der Waals surface area contributed by atoms with Crippen molar-refractivity contribution < 1.29 is 28.5 Å². The van der Waals surface area contributed by atoms with Gasteiger partial charge in [0, 0.05) is 12.1 Å². The van der Waals surface area contributed by atoms with Crippen LogP contribution in [0.1, 0.15) is 58.3 Å². The third-order valence-electron chi connectivity index (χ3n) is 4.60. The fourth-order valence-corrected chi connectivity index (χ4v) is 2.84. The number of carbonyl (C=O) groups excluding carboxylic acids is 1. The molecule has 0 saturated heterocycles. The Kier molecular flexibility index (Phi) is 17.6. The highest BCUT2D eigenvalue weighted by Crippen LogP contribution is 2.12. The maximum absolute atomic E-state index is 11.6. The summed E-state index contributed by atoms with van der Waals surface area (Å²) < 4.78 is 27.0. The molecule has 2 N–H and O–H groups in total. The third kappa shape index (κ3) is 17.5. The molecule has 7 heteroatoms. The van der Waals surface area contributed by atoms with E-state index in [-0.39, 0.29) is 5.97 Å². The Morgan fingerprint density at radius 2 is 1.23 bits per heavy atom. The second kappa shape index (κ2) is 20.1. The van der Waals surface area contributed by atoms with Gasteiger partial charge in [-0.1, -0.05) is 45.4 Å². The van der Waals surface area contributed by atoms with E-state index in [2.05, 4.69) is 6.92 Å². The van der Waals surface area contributed by atoms with E-state index in [0.717, 1.165) is 18.6 Å². The van der Waals surface area contributed by atoms with Crippen LogP contribution in [0.15, 0.2) is 24.3 Å². The van der Waals surface area contributed by atoms with Crippen molar-refractivity contribution in [3.8, 4) is 5.75 Å². The molecule has 1 aromatic rings. The molecule has 0 saturated carbocycles. The van der Waals surface area contributed by atoms with Gasteiger partial charge in [0.1, 0.15) is 19.0 Å². The Morgan fingerprint density at radius 3 is 1.84 bits per heavy atom. The quantitative estimate of drug-likeness (QED) is 0.173. The number of carbonyl (C=O) groups is 1. The lowest BCUT2D eigenvalue weighted by Gasteiger charge is -2.08. The van der Waals surface area contributed by atoms with Gasteiger partial charge in [0.05, 0.1) is 39.6 Å². The van der Waals surface area contributed by atoms with Crippen molar-refractivity contribution in [1.82, 2.24) is 0 Å². The summed E-state index contributed by atoms with van der Waals surface area (Å²) >= 11 is 0. The van der Waals surface area contributed by atoms with Crippen LogP contribution in [-0.2, 0) is 23.7 Å². The van der Waals surface area contributed by atoms with Crippen LogP contribution in [0.2, 0.25) is 0 Å². The molecule has 0 bridgehead atoms. The molecule has 0 radical (unpaired) electrons. The monoisotopic (exact) mass is 439 g/mol. The van der Waals surface area contributed by atoms with E-state index in [9.17, 15) is 4.79 Å². The summed E-state index contributed by atoms with van der Waals surface area (Å²) in [5.74, 6) is 0.639. The first-order chi connectivity index (χ1) is 15.2. The van der Waals surface area contributed by atoms with Gasteiger partial charge in [-0.25, -0.2) is 0 Å². The zero-order chi connectivity index (χ0) is 22.4. The third-order valence-corrected chi connectivity index (χ3v) is 4.60. The minimum absolute atomic E-state index is 0.133. The van der Waals surface area contributed by atoms with Crippen molar-refractivity contribution in [2.24, 2.45) is 0 Å². The van der Waals surface area contributed by atoms with Crippen LogP contribution in [0.5, 0.6) is 5.75 Å². The highest BCUT2D eigenvalue weighted by molar-refractivity contribution is 5.69. The van der Waals surface area contributed by atoms with Gasteiger partial charge < -0.3 is 29.4 Å². The first-order valence-corrected chi connectivity index (χ1v) is 11.6. The molecule has 178 valence electrons. The number of hydrogen-bond acceptors (Lipinski definition) is 7. The van der Waals surface area contributed by atoms with Crippen LogP contribution in [0.3, 0.4) is 0 Å². The Hall–Kier alpha value is -1.83. The highest BCUT2D eigenvalue weighted by atomic mass is 16.6. The van der Waals surface area contributed by atoms with Gasteiger partial charge in [0.15, 0.2) is 0 Å². The second-order valence-corrected chi connectivity index (χ2v) is 7.35. The summed E-state index contributed by atoms with van der Waals surface area (Å²) in [6.07, 6.45) is 8.86. The number of rotatable bonds is 21. The molecule has 0 spiro atoms. The zero-order valence-electron chi connectivity index (χ0n) is 19.1. The molecule has 0 fully saturated rings. The van der Waals surface area contributed by atoms with E-state index < -0.39 is 0 Å². The summed E-state index contributed by atoms with van der Waals surface area (Å²) in [4.78, 5) is 11.6. The largest absolute Gasteiger partial charge is 0.491 e. The molecule has 1 rings (SSSR count). The van der Waals surface area contributed by atoms with E-state index in [1.54, 1.807) is 12.1 Å². The van der Waals surface area contributed by atoms with E-state index >= 15 is 0 Å². The van der Waals surface area contributed by atoms with Gasteiger partial charge >= 0.3 is 5.97 Å². The van der Waals surface area contributed by atoms with Crippen molar-refractivity contribution in [3.63, 3.8) is 0 Å². The molecule has 1 aromatic carbocycles. The fraction of sp³-hybridized carbons (Fsp3) is 0.708. The standard InChI is InChI=1S/C24H41NO6/c1-2-3-4-5-6-7-8-9-24(26)31-21-19-29-17-15-27-14-16-28-18-20-30-23-12-10-22(25)11-13-23/h10-13H,2-9,14-21,25H2,1H3. The Balaban J connectivity index is 1.75. The molecule has 0 aliphatic rings. The number of nitrogen functional groups attached to an aromatic ring is 1. The van der Waals surface area contributed by atoms with E-state index in [0.29, 0.717) is 65.0 Å². The molecule has 0 atom stereocenters. The number of hydrogen-bond donors (Lipinski definition) is 1. The number of unbranched alkanes of at least 4 members (excludes halogenated alkanes) is 6. The van der Waals surface area contributed by atoms with Crippen molar-refractivity contribution >= 4 is 11.7 Å². The van der Waals surface area contributed by atoms with Gasteiger partial charge in [0.2, 0.25) is 0 Å². The Morgan fingerprint density at radius 1 is 0.710 bits per heavy atom. The average Bonchev–Trinajstić information content (AvgIpc) is 2.77. The van der Waals surface area contributed by atoms with Crippen LogP contribution >= 0.6 is 0 Å². The van der Waals surface area contributed by atoms with Crippen LogP contribution in [0.25, 0.3) is 0 Å². The van der Waals surface area contributed by atoms with Crippen LogP contribution in [0, 0.1) is 0 Å². The number of anilines is 1. The van der Waals surface area contributed by atoms with E-state index in [1.165, 1.54) is 32.1 Å². The van der Waals surface area contributed by atoms with E-state index in [1.807, 2.05) is 12.1 Å². The smallest absolute Gasteiger partial charge is 0.305 e. The summed E-state index contributed by atoms with van der Waals surface area (Å²) in [7, 11) is 0. The Labute approximate surface area is 187 Å². The number of esters is 1. The second-order valence-electron chi connectivity index (χ2n) is 7.35. The summed E-state index contributed by atoms with van der Waals surface area (Å²) in [5.41, 5.74) is 6.33. The van der Waals surface area contributed by atoms with Gasteiger partial charge in [-0.15, -0.1) is 0 Å². The van der Waals surface area contributed by atoms with Gasteiger partial charge in [-0.05, 0) is 30.7 Å². The van der Waals surface area contributed by atoms with Gasteiger partial charge in [0.25, 0.3) is 0 Å². The van der Waals surface area contributed by atoms with E-state index in [4.69, 9.17) is 29.4 Å². The highest BCUT2D eigenvalue weighted by Gasteiger charge is 2.02. The first kappa shape index (κ1) is 27.2. The fourth-order valence-electron chi connectivity index (χ4n) is 2.84. The van der Waals surface area contributed by atoms with Crippen molar-refractivity contribution in [3.05, 3.63) is 24.3 Å². The lowest BCUT2D eigenvalue weighted by Crippen LogP contribution is -2.14. The maximum Gasteiger partial charge on any atom is 0.305 e. The summed E-state index contributed by atoms with van der Waals surface area (Å²) in [5, 5.41) is 0. The molecule has 0 aliphatic heterocycles. The number of benzene rings is 1. The van der Waals surface area contributed by atoms with Crippen molar-refractivity contribution in [2.75, 3.05) is 58.6 Å². The average molecular weight is 440 g/mol. The first-order valence-electron chi connectivity index (χ1n) is 11.6. The molecule has 0 unspecified atom stereocenters. The molecular weight excluding hydrogens is 398 g/mol. The van der Waals surface area contributed by atoms with Crippen molar-refractivity contribution in [2.45, 2.75) is 58.3 Å². The predicted octanol–water partition coefficient (Wildman–Crippen LogP) is 4.38. The minimum atomic E-state index is -0.133. The molecular formula is C24H41NO6. The Bertz CT molecular complexity index is 537. The van der Waals surface area contributed by atoms with Crippen LogP contribution in [-0.4, -0.2) is 58.8 Å². The van der Waals surface area contributed by atoms with Crippen LogP contribution < -0.4 is 10.5 Å². The molecule has 0 amide bonds.